The normalized spacial score (nSPS) is 15.9. The first-order valence-electron chi connectivity index (χ1n) is 10.7. The zero-order chi connectivity index (χ0) is 24.9. The molecule has 34 heavy (non-hydrogen) atoms. The average Bonchev–Trinajstić information content (AvgIpc) is 3.26. The molecule has 0 saturated carbocycles. The van der Waals surface area contributed by atoms with Gasteiger partial charge in [0.05, 0.1) is 11.1 Å². The monoisotopic (exact) mass is 491 g/mol. The van der Waals surface area contributed by atoms with E-state index < -0.39 is 41.0 Å². The van der Waals surface area contributed by atoms with Crippen LogP contribution in [0.3, 0.4) is 0 Å². The van der Waals surface area contributed by atoms with E-state index in [4.69, 9.17) is 0 Å². The summed E-state index contributed by atoms with van der Waals surface area (Å²) in [5, 5.41) is 4.54. The number of anilines is 1. The van der Waals surface area contributed by atoms with Crippen LogP contribution in [0.4, 0.5) is 41.2 Å². The first kappa shape index (κ1) is 25.8. The molecule has 2 amide bonds. The van der Waals surface area contributed by atoms with Gasteiger partial charge in [0.15, 0.2) is 0 Å². The van der Waals surface area contributed by atoms with Crippen molar-refractivity contribution in [3.05, 3.63) is 65.0 Å². The Hall–Kier alpha value is -2.82. The van der Waals surface area contributed by atoms with Gasteiger partial charge in [-0.25, -0.2) is 9.18 Å². The molecule has 3 rings (SSSR count). The Labute approximate surface area is 192 Å². The fourth-order valence-corrected chi connectivity index (χ4v) is 3.91. The highest BCUT2D eigenvalue weighted by atomic mass is 19.4. The van der Waals surface area contributed by atoms with Gasteiger partial charge in [-0.05, 0) is 74.8 Å². The molecule has 2 aromatic rings. The average molecular weight is 491 g/mol. The third kappa shape index (κ3) is 7.34. The highest BCUT2D eigenvalue weighted by Gasteiger charge is 2.37. The van der Waals surface area contributed by atoms with Gasteiger partial charge in [0, 0.05) is 18.2 Å². The van der Waals surface area contributed by atoms with Crippen molar-refractivity contribution in [2.75, 3.05) is 31.5 Å². The number of nitrogens with one attached hydrogen (secondary N) is 2. The van der Waals surface area contributed by atoms with Crippen LogP contribution in [0.15, 0.2) is 42.5 Å². The number of hydrogen-bond donors (Lipinski definition) is 2. The predicted octanol–water partition coefficient (Wildman–Crippen LogP) is 6.25. The van der Waals surface area contributed by atoms with Crippen LogP contribution in [0.2, 0.25) is 0 Å². The molecule has 1 saturated heterocycles. The fourth-order valence-electron chi connectivity index (χ4n) is 3.91. The molecule has 1 fully saturated rings. The van der Waals surface area contributed by atoms with Crippen molar-refractivity contribution in [1.29, 1.82) is 0 Å². The molecule has 0 radical (unpaired) electrons. The summed E-state index contributed by atoms with van der Waals surface area (Å²) in [5.41, 5.74) is -3.06. The molecule has 186 valence electrons. The minimum Gasteiger partial charge on any atom is -0.337 e. The summed E-state index contributed by atoms with van der Waals surface area (Å²) in [5.74, 6) is -0.744. The number of urea groups is 1. The number of carbonyl (C=O) groups is 1. The maximum atomic E-state index is 13.7. The Bertz CT molecular complexity index is 953. The molecular formula is C23H24F7N3O. The Kier molecular flexibility index (Phi) is 8.06. The highest BCUT2D eigenvalue weighted by Crippen LogP contribution is 2.37. The number of benzene rings is 2. The molecule has 11 heteroatoms. The Morgan fingerprint density at radius 2 is 1.56 bits per heavy atom. The summed E-state index contributed by atoms with van der Waals surface area (Å²) in [6.45, 7) is 2.63. The van der Waals surface area contributed by atoms with Crippen LogP contribution in [-0.2, 0) is 12.4 Å². The van der Waals surface area contributed by atoms with Crippen LogP contribution in [0.25, 0.3) is 0 Å². The molecule has 1 aliphatic heterocycles. The summed E-state index contributed by atoms with van der Waals surface area (Å²) < 4.78 is 91.9. The van der Waals surface area contributed by atoms with Crippen LogP contribution >= 0.6 is 0 Å². The number of nitrogens with zero attached hydrogens (tertiary/aromatic N) is 1. The number of rotatable bonds is 7. The quantitative estimate of drug-likeness (QED) is 0.450. The van der Waals surface area contributed by atoms with E-state index in [0.29, 0.717) is 30.7 Å². The van der Waals surface area contributed by atoms with Crippen LogP contribution in [0, 0.1) is 5.82 Å². The third-order valence-electron chi connectivity index (χ3n) is 5.67. The van der Waals surface area contributed by atoms with E-state index in [1.807, 2.05) is 5.32 Å². The van der Waals surface area contributed by atoms with Gasteiger partial charge >= 0.3 is 18.4 Å². The van der Waals surface area contributed by atoms with E-state index in [9.17, 15) is 35.5 Å². The summed E-state index contributed by atoms with van der Waals surface area (Å²) >= 11 is 0. The molecule has 0 aliphatic carbocycles. The second kappa shape index (κ2) is 10.6. The molecule has 1 atom stereocenters. The van der Waals surface area contributed by atoms with Crippen molar-refractivity contribution in [1.82, 2.24) is 10.2 Å². The van der Waals surface area contributed by atoms with E-state index in [1.54, 1.807) is 6.07 Å². The summed E-state index contributed by atoms with van der Waals surface area (Å²) in [6, 6.07) is 5.77. The zero-order valence-corrected chi connectivity index (χ0v) is 18.1. The van der Waals surface area contributed by atoms with Gasteiger partial charge in [0.25, 0.3) is 0 Å². The van der Waals surface area contributed by atoms with Gasteiger partial charge in [-0.3, -0.25) is 0 Å². The third-order valence-corrected chi connectivity index (χ3v) is 5.67. The smallest absolute Gasteiger partial charge is 0.337 e. The van der Waals surface area contributed by atoms with Crippen molar-refractivity contribution in [2.45, 2.75) is 37.5 Å². The fraction of sp³-hybridized carbons (Fsp3) is 0.435. The molecule has 1 heterocycles. The second-order valence-corrected chi connectivity index (χ2v) is 8.22. The summed E-state index contributed by atoms with van der Waals surface area (Å²) in [6.07, 6.45) is -7.28. The van der Waals surface area contributed by atoms with Crippen LogP contribution in [-0.4, -0.2) is 37.1 Å². The van der Waals surface area contributed by atoms with Crippen molar-refractivity contribution < 1.29 is 35.5 Å². The highest BCUT2D eigenvalue weighted by molar-refractivity contribution is 5.89. The number of amides is 2. The van der Waals surface area contributed by atoms with Crippen LogP contribution < -0.4 is 10.6 Å². The van der Waals surface area contributed by atoms with Crippen molar-refractivity contribution in [3.63, 3.8) is 0 Å². The first-order chi connectivity index (χ1) is 15.9. The summed E-state index contributed by atoms with van der Waals surface area (Å²) in [7, 11) is 0. The lowest BCUT2D eigenvalue weighted by atomic mass is 9.95. The Morgan fingerprint density at radius 1 is 0.941 bits per heavy atom. The van der Waals surface area contributed by atoms with Gasteiger partial charge in [-0.15, -0.1) is 0 Å². The number of hydrogen-bond acceptors (Lipinski definition) is 2. The predicted molar refractivity (Wildman–Crippen MR) is 113 cm³/mol. The van der Waals surface area contributed by atoms with E-state index >= 15 is 0 Å². The Morgan fingerprint density at radius 3 is 2.12 bits per heavy atom. The van der Waals surface area contributed by atoms with E-state index in [1.165, 1.54) is 18.2 Å². The minimum atomic E-state index is -5.02. The van der Waals surface area contributed by atoms with Crippen LogP contribution in [0.5, 0.6) is 0 Å². The van der Waals surface area contributed by atoms with Crippen molar-refractivity contribution in [3.8, 4) is 0 Å². The molecule has 2 aromatic carbocycles. The number of carbonyl (C=O) groups excluding carboxylic acids is 1. The molecule has 0 bridgehead atoms. The minimum absolute atomic E-state index is 0.0125. The van der Waals surface area contributed by atoms with Crippen molar-refractivity contribution >= 4 is 11.7 Å². The lowest BCUT2D eigenvalue weighted by molar-refractivity contribution is -0.143. The second-order valence-electron chi connectivity index (χ2n) is 8.22. The molecule has 1 unspecified atom stereocenters. The van der Waals surface area contributed by atoms with E-state index in [0.717, 1.165) is 25.9 Å². The molecular weight excluding hydrogens is 467 g/mol. The van der Waals surface area contributed by atoms with Gasteiger partial charge in [-0.1, -0.05) is 12.1 Å². The molecule has 4 nitrogen and oxygen atoms in total. The number of alkyl halides is 6. The molecule has 0 spiro atoms. The lowest BCUT2D eigenvalue weighted by Crippen LogP contribution is -2.34. The van der Waals surface area contributed by atoms with Gasteiger partial charge in [-0.2, -0.15) is 26.3 Å². The molecule has 0 aromatic heterocycles. The van der Waals surface area contributed by atoms with Crippen molar-refractivity contribution in [2.24, 2.45) is 0 Å². The number of halogens is 7. The molecule has 2 N–H and O–H groups in total. The number of likely N-dealkylation sites (tertiary alicyclic amines) is 1. The van der Waals surface area contributed by atoms with Gasteiger partial charge in [0.2, 0.25) is 0 Å². The zero-order valence-electron chi connectivity index (χ0n) is 18.1. The van der Waals surface area contributed by atoms with Gasteiger partial charge in [0.1, 0.15) is 5.82 Å². The van der Waals surface area contributed by atoms with E-state index in [2.05, 4.69) is 10.2 Å². The first-order valence-corrected chi connectivity index (χ1v) is 10.7. The molecule has 1 aliphatic rings. The van der Waals surface area contributed by atoms with Crippen LogP contribution in [0.1, 0.15) is 41.9 Å². The Balaban J connectivity index is 1.70. The lowest BCUT2D eigenvalue weighted by Gasteiger charge is -2.22. The summed E-state index contributed by atoms with van der Waals surface area (Å²) in [4.78, 5) is 14.6. The SMILES string of the molecule is O=C(NCC(CCN1CCCC1)c1cccc(F)c1)Nc1cc(C(F)(F)F)cc(C(F)(F)F)c1. The van der Waals surface area contributed by atoms with E-state index in [-0.39, 0.29) is 18.5 Å². The topological polar surface area (TPSA) is 44.4 Å². The van der Waals surface area contributed by atoms with Gasteiger partial charge < -0.3 is 15.5 Å². The maximum absolute atomic E-state index is 13.7. The maximum Gasteiger partial charge on any atom is 0.416 e. The largest absolute Gasteiger partial charge is 0.416 e. The standard InChI is InChI=1S/C23H24F7N3O/c24-19-5-3-4-15(10-19)16(6-9-33-7-1-2-8-33)14-31-21(34)32-20-12-17(22(25,26)27)11-18(13-20)23(28,29)30/h3-5,10-13,16H,1-2,6-9,14H2,(H2,31,32,34).